The number of fused-ring (bicyclic) bond motifs is 1. The van der Waals surface area contributed by atoms with Gasteiger partial charge in [-0.3, -0.25) is 4.79 Å². The fourth-order valence-corrected chi connectivity index (χ4v) is 3.82. The van der Waals surface area contributed by atoms with Gasteiger partial charge in [0.25, 0.3) is 0 Å². The zero-order valence-corrected chi connectivity index (χ0v) is 13.5. The molecular formula is C17H24N4O2. The molecule has 1 aromatic rings. The summed E-state index contributed by atoms with van der Waals surface area (Å²) >= 11 is 0. The summed E-state index contributed by atoms with van der Waals surface area (Å²) in [4.78, 5) is 26.2. The summed E-state index contributed by atoms with van der Waals surface area (Å²) in [7, 11) is 0. The average molecular weight is 316 g/mol. The summed E-state index contributed by atoms with van der Waals surface area (Å²) in [6.45, 7) is 4.92. The fourth-order valence-electron chi connectivity index (χ4n) is 3.82. The van der Waals surface area contributed by atoms with Crippen molar-refractivity contribution in [1.82, 2.24) is 14.9 Å². The lowest BCUT2D eigenvalue weighted by atomic mass is 9.86. The first-order valence-electron chi connectivity index (χ1n) is 8.77. The molecule has 2 saturated heterocycles. The van der Waals surface area contributed by atoms with Crippen molar-refractivity contribution in [2.24, 2.45) is 5.92 Å². The van der Waals surface area contributed by atoms with Crippen LogP contribution in [0.4, 0.5) is 5.95 Å². The van der Waals surface area contributed by atoms with Gasteiger partial charge in [0, 0.05) is 44.0 Å². The molecule has 4 rings (SSSR count). The molecule has 6 nitrogen and oxygen atoms in total. The number of rotatable bonds is 2. The monoisotopic (exact) mass is 316 g/mol. The molecule has 0 N–H and O–H groups in total. The molecule has 1 atom stereocenters. The van der Waals surface area contributed by atoms with Crippen molar-refractivity contribution in [3.8, 4) is 0 Å². The van der Waals surface area contributed by atoms with E-state index in [0.717, 1.165) is 62.6 Å². The van der Waals surface area contributed by atoms with E-state index < -0.39 is 0 Å². The Kier molecular flexibility index (Phi) is 4.16. The molecule has 0 radical (unpaired) electrons. The Balaban J connectivity index is 1.45. The van der Waals surface area contributed by atoms with Crippen LogP contribution in [-0.2, 0) is 22.4 Å². The minimum absolute atomic E-state index is 0.0850. The summed E-state index contributed by atoms with van der Waals surface area (Å²) in [5.74, 6) is 1.24. The van der Waals surface area contributed by atoms with Gasteiger partial charge in [0.05, 0.1) is 13.2 Å². The molecule has 1 aliphatic carbocycles. The van der Waals surface area contributed by atoms with Gasteiger partial charge in [0.15, 0.2) is 0 Å². The van der Waals surface area contributed by atoms with Crippen molar-refractivity contribution in [2.75, 3.05) is 44.3 Å². The fraction of sp³-hybridized carbons (Fsp3) is 0.706. The summed E-state index contributed by atoms with van der Waals surface area (Å²) in [6, 6.07) is 0. The van der Waals surface area contributed by atoms with E-state index in [0.29, 0.717) is 13.2 Å². The highest BCUT2D eigenvalue weighted by Crippen LogP contribution is 2.27. The van der Waals surface area contributed by atoms with E-state index in [2.05, 4.69) is 9.88 Å². The van der Waals surface area contributed by atoms with E-state index in [-0.39, 0.29) is 11.8 Å². The maximum absolute atomic E-state index is 12.7. The number of aromatic nitrogens is 2. The molecule has 2 aliphatic heterocycles. The zero-order valence-electron chi connectivity index (χ0n) is 13.5. The van der Waals surface area contributed by atoms with E-state index in [9.17, 15) is 4.79 Å². The number of amides is 1. The van der Waals surface area contributed by atoms with Gasteiger partial charge >= 0.3 is 0 Å². The van der Waals surface area contributed by atoms with Crippen LogP contribution in [0, 0.1) is 5.92 Å². The molecule has 0 aromatic carbocycles. The molecule has 1 amide bonds. The van der Waals surface area contributed by atoms with E-state index in [1.807, 2.05) is 11.1 Å². The smallest absolute Gasteiger partial charge is 0.226 e. The van der Waals surface area contributed by atoms with Crippen molar-refractivity contribution >= 4 is 11.9 Å². The Morgan fingerprint density at radius 1 is 1.17 bits per heavy atom. The molecule has 6 heteroatoms. The van der Waals surface area contributed by atoms with Crippen molar-refractivity contribution in [1.29, 1.82) is 0 Å². The van der Waals surface area contributed by atoms with Gasteiger partial charge in [-0.1, -0.05) is 0 Å². The SMILES string of the molecule is O=C(C1CCc2nc(N3CCCC3)ncc2C1)N1CCOCC1. The van der Waals surface area contributed by atoms with Crippen LogP contribution >= 0.6 is 0 Å². The minimum atomic E-state index is 0.0850. The highest BCUT2D eigenvalue weighted by molar-refractivity contribution is 5.79. The normalized spacial score (nSPS) is 24.6. The number of ether oxygens (including phenoxy) is 1. The standard InChI is InChI=1S/C17H24N4O2/c22-16(20-7-9-23-10-8-20)13-3-4-15-14(11-13)12-18-17(19-15)21-5-1-2-6-21/h12-13H,1-11H2. The van der Waals surface area contributed by atoms with Crippen LogP contribution in [0.25, 0.3) is 0 Å². The van der Waals surface area contributed by atoms with Gasteiger partial charge < -0.3 is 14.5 Å². The molecule has 1 unspecified atom stereocenters. The predicted molar refractivity (Wildman–Crippen MR) is 86.4 cm³/mol. The highest BCUT2D eigenvalue weighted by atomic mass is 16.5. The molecule has 2 fully saturated rings. The number of hydrogen-bond acceptors (Lipinski definition) is 5. The van der Waals surface area contributed by atoms with E-state index in [1.54, 1.807) is 0 Å². The van der Waals surface area contributed by atoms with Crippen LogP contribution in [0.3, 0.4) is 0 Å². The van der Waals surface area contributed by atoms with Crippen molar-refractivity contribution < 1.29 is 9.53 Å². The lowest BCUT2D eigenvalue weighted by Gasteiger charge is -2.32. The van der Waals surface area contributed by atoms with E-state index in [1.165, 1.54) is 12.8 Å². The van der Waals surface area contributed by atoms with Gasteiger partial charge in [-0.05, 0) is 37.7 Å². The molecule has 23 heavy (non-hydrogen) atoms. The van der Waals surface area contributed by atoms with Gasteiger partial charge in [0.1, 0.15) is 0 Å². The predicted octanol–water partition coefficient (Wildman–Crippen LogP) is 1.04. The Hall–Kier alpha value is -1.69. The molecular weight excluding hydrogens is 292 g/mol. The molecule has 0 saturated carbocycles. The van der Waals surface area contributed by atoms with Gasteiger partial charge in [-0.25, -0.2) is 9.97 Å². The van der Waals surface area contributed by atoms with Crippen LogP contribution in [0.15, 0.2) is 6.20 Å². The molecule has 3 aliphatic rings. The second-order valence-electron chi connectivity index (χ2n) is 6.71. The summed E-state index contributed by atoms with van der Waals surface area (Å²) in [5.41, 5.74) is 2.30. The maximum atomic E-state index is 12.7. The third kappa shape index (κ3) is 3.04. The number of carbonyl (C=O) groups excluding carboxylic acids is 1. The first-order valence-corrected chi connectivity index (χ1v) is 8.77. The number of morpholine rings is 1. The number of carbonyl (C=O) groups is 1. The number of anilines is 1. The topological polar surface area (TPSA) is 58.6 Å². The average Bonchev–Trinajstić information content (AvgIpc) is 3.15. The molecule has 1 aromatic heterocycles. The summed E-state index contributed by atoms with van der Waals surface area (Å²) < 4.78 is 5.34. The third-order valence-electron chi connectivity index (χ3n) is 5.20. The lowest BCUT2D eigenvalue weighted by molar-refractivity contribution is -0.140. The van der Waals surface area contributed by atoms with Crippen LogP contribution in [0.5, 0.6) is 0 Å². The van der Waals surface area contributed by atoms with Crippen LogP contribution in [-0.4, -0.2) is 60.2 Å². The first-order chi connectivity index (χ1) is 11.3. The lowest BCUT2D eigenvalue weighted by Crippen LogP contribution is -2.45. The summed E-state index contributed by atoms with van der Waals surface area (Å²) in [6.07, 6.45) is 6.99. The first kappa shape index (κ1) is 14.9. The quantitative estimate of drug-likeness (QED) is 0.816. The van der Waals surface area contributed by atoms with Gasteiger partial charge in [0.2, 0.25) is 11.9 Å². The number of aryl methyl sites for hydroxylation is 1. The highest BCUT2D eigenvalue weighted by Gasteiger charge is 2.30. The zero-order chi connectivity index (χ0) is 15.6. The van der Waals surface area contributed by atoms with E-state index in [4.69, 9.17) is 9.72 Å². The largest absolute Gasteiger partial charge is 0.378 e. The van der Waals surface area contributed by atoms with Crippen molar-refractivity contribution in [3.63, 3.8) is 0 Å². The van der Waals surface area contributed by atoms with Crippen molar-refractivity contribution in [2.45, 2.75) is 32.1 Å². The number of nitrogens with zero attached hydrogens (tertiary/aromatic N) is 4. The molecule has 124 valence electrons. The van der Waals surface area contributed by atoms with Gasteiger partial charge in [-0.15, -0.1) is 0 Å². The summed E-state index contributed by atoms with van der Waals surface area (Å²) in [5, 5.41) is 0. The molecule has 3 heterocycles. The minimum Gasteiger partial charge on any atom is -0.378 e. The third-order valence-corrected chi connectivity index (χ3v) is 5.20. The molecule has 0 spiro atoms. The van der Waals surface area contributed by atoms with E-state index >= 15 is 0 Å². The van der Waals surface area contributed by atoms with Crippen molar-refractivity contribution in [3.05, 3.63) is 17.5 Å². The Labute approximate surface area is 136 Å². The maximum Gasteiger partial charge on any atom is 0.226 e. The Morgan fingerprint density at radius 3 is 2.74 bits per heavy atom. The molecule has 0 bridgehead atoms. The van der Waals surface area contributed by atoms with Crippen LogP contribution in [0.1, 0.15) is 30.5 Å². The van der Waals surface area contributed by atoms with Crippen LogP contribution < -0.4 is 4.90 Å². The second-order valence-corrected chi connectivity index (χ2v) is 6.71. The Bertz CT molecular complexity index is 580. The van der Waals surface area contributed by atoms with Gasteiger partial charge in [-0.2, -0.15) is 0 Å². The second kappa shape index (κ2) is 6.43. The van der Waals surface area contributed by atoms with Crippen LogP contribution in [0.2, 0.25) is 0 Å². The Morgan fingerprint density at radius 2 is 1.96 bits per heavy atom. The number of hydrogen-bond donors (Lipinski definition) is 0.